The molecule has 110 valence electrons. The molecule has 0 radical (unpaired) electrons. The van der Waals surface area contributed by atoms with Crippen molar-refractivity contribution in [3.8, 4) is 5.75 Å². The van der Waals surface area contributed by atoms with E-state index in [-0.39, 0.29) is 17.6 Å². The first-order chi connectivity index (χ1) is 9.29. The maximum atomic E-state index is 11.9. The first-order valence-corrected chi connectivity index (χ1v) is 6.08. The highest BCUT2D eigenvalue weighted by Crippen LogP contribution is 2.40. The highest BCUT2D eigenvalue weighted by atomic mass is 19.4. The van der Waals surface area contributed by atoms with Crippen molar-refractivity contribution in [3.05, 3.63) is 29.3 Å². The summed E-state index contributed by atoms with van der Waals surface area (Å²) in [5.41, 5.74) is 2.81. The van der Waals surface area contributed by atoms with Crippen LogP contribution in [-0.4, -0.2) is 24.8 Å². The van der Waals surface area contributed by atoms with Crippen LogP contribution in [-0.2, 0) is 4.84 Å². The number of halogens is 3. The van der Waals surface area contributed by atoms with Crippen LogP contribution >= 0.6 is 0 Å². The van der Waals surface area contributed by atoms with Crippen molar-refractivity contribution in [2.75, 3.05) is 6.61 Å². The topological polar surface area (TPSA) is 47.6 Å². The highest BCUT2D eigenvalue weighted by Gasteiger charge is 2.32. The lowest BCUT2D eigenvalue weighted by molar-refractivity contribution is -0.184. The molecule has 0 aliphatic carbocycles. The number of ether oxygens (including phenoxy) is 1. The number of rotatable bonds is 3. The molecule has 0 fully saturated rings. The molecule has 1 aromatic carbocycles. The number of carbonyl (C=O) groups excluding carboxylic acids is 1. The van der Waals surface area contributed by atoms with Gasteiger partial charge in [-0.3, -0.25) is 9.63 Å². The van der Waals surface area contributed by atoms with Crippen LogP contribution in [0.4, 0.5) is 13.2 Å². The third-order valence-electron chi connectivity index (χ3n) is 3.19. The maximum absolute atomic E-state index is 11.9. The molecule has 7 heteroatoms. The normalized spacial score (nSPS) is 21.2. The standard InChI is InChI=1S/C13H14F3NO3/c1-7-8(2)20-11-9(7)4-3-5-10(11)12(18)17-19-6-13(14,15)16/h3-5,7-8H,6H2,1-2H3,(H,17,18). The van der Waals surface area contributed by atoms with E-state index in [4.69, 9.17) is 4.74 Å². The second-order valence-corrected chi connectivity index (χ2v) is 4.67. The molecule has 0 aromatic heterocycles. The number of fused-ring (bicyclic) bond motifs is 1. The van der Waals surface area contributed by atoms with Crippen LogP contribution in [0.1, 0.15) is 35.7 Å². The number of benzene rings is 1. The van der Waals surface area contributed by atoms with E-state index in [0.717, 1.165) is 5.56 Å². The Hall–Kier alpha value is -1.76. The summed E-state index contributed by atoms with van der Waals surface area (Å²) < 4.78 is 41.4. The van der Waals surface area contributed by atoms with Crippen LogP contribution < -0.4 is 10.2 Å². The van der Waals surface area contributed by atoms with E-state index in [1.807, 2.05) is 19.9 Å². The van der Waals surface area contributed by atoms with Gasteiger partial charge in [-0.25, -0.2) is 5.48 Å². The largest absolute Gasteiger partial charge is 0.489 e. The van der Waals surface area contributed by atoms with Gasteiger partial charge in [-0.2, -0.15) is 13.2 Å². The second-order valence-electron chi connectivity index (χ2n) is 4.67. The second kappa shape index (κ2) is 5.32. The number of nitrogens with one attached hydrogen (secondary N) is 1. The fourth-order valence-corrected chi connectivity index (χ4v) is 2.00. The Balaban J connectivity index is 2.09. The van der Waals surface area contributed by atoms with E-state index < -0.39 is 18.7 Å². The SMILES string of the molecule is CC1Oc2c(C(=O)NOCC(F)(F)F)cccc2C1C. The van der Waals surface area contributed by atoms with Crippen molar-refractivity contribution in [2.24, 2.45) is 0 Å². The van der Waals surface area contributed by atoms with Crippen molar-refractivity contribution < 1.29 is 27.5 Å². The lowest BCUT2D eigenvalue weighted by Gasteiger charge is -2.11. The molecule has 1 aliphatic rings. The predicted molar refractivity (Wildman–Crippen MR) is 64.4 cm³/mol. The summed E-state index contributed by atoms with van der Waals surface area (Å²) in [6, 6.07) is 4.97. The molecule has 1 heterocycles. The number of amides is 1. The summed E-state index contributed by atoms with van der Waals surface area (Å²) in [6.07, 6.45) is -4.58. The van der Waals surface area contributed by atoms with Crippen molar-refractivity contribution >= 4 is 5.91 Å². The van der Waals surface area contributed by atoms with Gasteiger partial charge in [0.2, 0.25) is 0 Å². The van der Waals surface area contributed by atoms with Crippen molar-refractivity contribution in [1.82, 2.24) is 5.48 Å². The third kappa shape index (κ3) is 3.04. The van der Waals surface area contributed by atoms with Gasteiger partial charge in [-0.05, 0) is 13.0 Å². The molecular weight excluding hydrogens is 275 g/mol. The van der Waals surface area contributed by atoms with Crippen LogP contribution in [0.25, 0.3) is 0 Å². The Labute approximate surface area is 113 Å². The molecule has 0 bridgehead atoms. The Morgan fingerprint density at radius 3 is 2.75 bits per heavy atom. The molecule has 0 saturated heterocycles. The Kier molecular flexibility index (Phi) is 3.89. The monoisotopic (exact) mass is 289 g/mol. The molecule has 2 atom stereocenters. The summed E-state index contributed by atoms with van der Waals surface area (Å²) in [6.45, 7) is 2.28. The number of hydroxylamine groups is 1. The molecule has 20 heavy (non-hydrogen) atoms. The zero-order valence-electron chi connectivity index (χ0n) is 11.0. The van der Waals surface area contributed by atoms with E-state index in [2.05, 4.69) is 4.84 Å². The van der Waals surface area contributed by atoms with Gasteiger partial charge in [0.05, 0.1) is 5.56 Å². The lowest BCUT2D eigenvalue weighted by Crippen LogP contribution is -2.29. The minimum Gasteiger partial charge on any atom is -0.489 e. The van der Waals surface area contributed by atoms with Gasteiger partial charge in [0, 0.05) is 11.5 Å². The Morgan fingerprint density at radius 1 is 1.40 bits per heavy atom. The Morgan fingerprint density at radius 2 is 2.10 bits per heavy atom. The van der Waals surface area contributed by atoms with Crippen LogP contribution in [0.2, 0.25) is 0 Å². The van der Waals surface area contributed by atoms with Gasteiger partial charge < -0.3 is 4.74 Å². The van der Waals surface area contributed by atoms with Crippen molar-refractivity contribution in [1.29, 1.82) is 0 Å². The first kappa shape index (κ1) is 14.6. The number of alkyl halides is 3. The predicted octanol–water partition coefficient (Wildman–Crippen LogP) is 2.79. The maximum Gasteiger partial charge on any atom is 0.414 e. The van der Waals surface area contributed by atoms with E-state index in [0.29, 0.717) is 5.75 Å². The zero-order valence-corrected chi connectivity index (χ0v) is 11.0. The lowest BCUT2D eigenvalue weighted by atomic mass is 9.97. The highest BCUT2D eigenvalue weighted by molar-refractivity contribution is 5.97. The Bertz CT molecular complexity index is 516. The molecule has 2 rings (SSSR count). The molecule has 1 N–H and O–H groups in total. The van der Waals surface area contributed by atoms with Crippen molar-refractivity contribution in [3.63, 3.8) is 0 Å². The smallest absolute Gasteiger partial charge is 0.414 e. The quantitative estimate of drug-likeness (QED) is 0.870. The van der Waals surface area contributed by atoms with E-state index >= 15 is 0 Å². The van der Waals surface area contributed by atoms with Gasteiger partial charge in [-0.1, -0.05) is 19.1 Å². The zero-order chi connectivity index (χ0) is 14.9. The number of carbonyl (C=O) groups is 1. The van der Waals surface area contributed by atoms with Gasteiger partial charge in [0.1, 0.15) is 11.9 Å². The minimum absolute atomic E-state index is 0.0879. The van der Waals surface area contributed by atoms with E-state index in [9.17, 15) is 18.0 Å². The molecule has 1 amide bonds. The number of hydrogen-bond donors (Lipinski definition) is 1. The summed E-state index contributed by atoms with van der Waals surface area (Å²) in [4.78, 5) is 16.0. The van der Waals surface area contributed by atoms with Crippen molar-refractivity contribution in [2.45, 2.75) is 32.0 Å². The van der Waals surface area contributed by atoms with Gasteiger partial charge >= 0.3 is 6.18 Å². The molecule has 1 aromatic rings. The van der Waals surface area contributed by atoms with Crippen LogP contribution in [0, 0.1) is 0 Å². The fourth-order valence-electron chi connectivity index (χ4n) is 2.00. The summed E-state index contributed by atoms with van der Waals surface area (Å²) in [7, 11) is 0. The van der Waals surface area contributed by atoms with E-state index in [1.54, 1.807) is 11.5 Å². The van der Waals surface area contributed by atoms with Crippen LogP contribution in [0.5, 0.6) is 5.75 Å². The van der Waals surface area contributed by atoms with Gasteiger partial charge in [-0.15, -0.1) is 0 Å². The minimum atomic E-state index is -4.49. The first-order valence-electron chi connectivity index (χ1n) is 6.08. The molecule has 4 nitrogen and oxygen atoms in total. The van der Waals surface area contributed by atoms with Crippen LogP contribution in [0.15, 0.2) is 18.2 Å². The summed E-state index contributed by atoms with van der Waals surface area (Å²) in [5.74, 6) is -0.234. The fraction of sp³-hybridized carbons (Fsp3) is 0.462. The molecule has 1 aliphatic heterocycles. The molecular formula is C13H14F3NO3. The van der Waals surface area contributed by atoms with Crippen LogP contribution in [0.3, 0.4) is 0 Å². The number of hydrogen-bond acceptors (Lipinski definition) is 3. The average molecular weight is 289 g/mol. The number of para-hydroxylation sites is 1. The molecule has 2 unspecified atom stereocenters. The van der Waals surface area contributed by atoms with E-state index in [1.165, 1.54) is 6.07 Å². The summed E-state index contributed by atoms with van der Waals surface area (Å²) >= 11 is 0. The van der Waals surface area contributed by atoms with Gasteiger partial charge in [0.25, 0.3) is 5.91 Å². The molecule has 0 spiro atoms. The third-order valence-corrected chi connectivity index (χ3v) is 3.19. The molecule has 0 saturated carbocycles. The van der Waals surface area contributed by atoms with Gasteiger partial charge in [0.15, 0.2) is 6.61 Å². The average Bonchev–Trinajstić information content (AvgIpc) is 2.64. The summed E-state index contributed by atoms with van der Waals surface area (Å²) in [5, 5.41) is 0.